The number of nitrogens with two attached hydrogens (primary N) is 1. The molecular formula is C15H15N5O. The van der Waals surface area contributed by atoms with Crippen LogP contribution in [0.3, 0.4) is 0 Å². The second kappa shape index (κ2) is 4.73. The fourth-order valence-corrected chi connectivity index (χ4v) is 2.87. The molecule has 0 saturated heterocycles. The number of anilines is 1. The second-order valence-electron chi connectivity index (χ2n) is 5.19. The minimum atomic E-state index is -0.00394. The number of aromatic nitrogens is 4. The zero-order valence-electron chi connectivity index (χ0n) is 11.4. The molecule has 1 aromatic carbocycles. The number of hydrogen-bond acceptors (Lipinski definition) is 5. The molecule has 1 unspecified atom stereocenters. The molecule has 1 aliphatic carbocycles. The Labute approximate surface area is 121 Å². The smallest absolute Gasteiger partial charge is 0.245 e. The van der Waals surface area contributed by atoms with Crippen molar-refractivity contribution in [2.45, 2.75) is 25.4 Å². The van der Waals surface area contributed by atoms with Gasteiger partial charge >= 0.3 is 0 Å². The highest BCUT2D eigenvalue weighted by molar-refractivity contribution is 5.76. The maximum atomic E-state index is 6.13. The number of hydrogen-bond donors (Lipinski definition) is 2. The van der Waals surface area contributed by atoms with Gasteiger partial charge in [0.15, 0.2) is 5.65 Å². The molecule has 21 heavy (non-hydrogen) atoms. The molecule has 0 bridgehead atoms. The Bertz CT molecular complexity index is 798. The van der Waals surface area contributed by atoms with Crippen LogP contribution in [0.15, 0.2) is 30.6 Å². The number of nitrogens with zero attached hydrogens (tertiary/aromatic N) is 3. The standard InChI is InChI=1S/C15H15N5O/c16-15-19-13-12(17-8-18-13)14(20-15)21-11-7-3-5-9-4-1-2-6-10(9)11/h1-2,4,6,8,11H,3,5,7H2,(H3,16,17,18,19,20). The fraction of sp³-hybridized carbons (Fsp3) is 0.267. The Morgan fingerprint density at radius 3 is 3.10 bits per heavy atom. The van der Waals surface area contributed by atoms with E-state index in [4.69, 9.17) is 10.5 Å². The van der Waals surface area contributed by atoms with E-state index in [0.717, 1.165) is 19.3 Å². The molecule has 6 nitrogen and oxygen atoms in total. The second-order valence-corrected chi connectivity index (χ2v) is 5.19. The summed E-state index contributed by atoms with van der Waals surface area (Å²) in [5, 5.41) is 0. The van der Waals surface area contributed by atoms with E-state index >= 15 is 0 Å². The van der Waals surface area contributed by atoms with Gasteiger partial charge in [0.1, 0.15) is 11.6 Å². The first-order valence-electron chi connectivity index (χ1n) is 7.02. The minimum Gasteiger partial charge on any atom is -0.468 e. The van der Waals surface area contributed by atoms with Gasteiger partial charge in [0.25, 0.3) is 0 Å². The lowest BCUT2D eigenvalue weighted by molar-refractivity contribution is 0.178. The number of aromatic amines is 1. The van der Waals surface area contributed by atoms with Gasteiger partial charge in [-0.25, -0.2) is 4.98 Å². The molecule has 0 saturated carbocycles. The molecule has 0 aliphatic heterocycles. The van der Waals surface area contributed by atoms with Crippen molar-refractivity contribution in [1.82, 2.24) is 19.9 Å². The number of H-pyrrole nitrogens is 1. The van der Waals surface area contributed by atoms with Crippen LogP contribution >= 0.6 is 0 Å². The number of ether oxygens (including phenoxy) is 1. The average molecular weight is 281 g/mol. The summed E-state index contributed by atoms with van der Waals surface area (Å²) in [6, 6.07) is 8.39. The maximum absolute atomic E-state index is 6.13. The van der Waals surface area contributed by atoms with Gasteiger partial charge in [0.05, 0.1) is 6.33 Å². The Morgan fingerprint density at radius 1 is 1.24 bits per heavy atom. The third-order valence-electron chi connectivity index (χ3n) is 3.84. The molecule has 2 heterocycles. The molecule has 3 aromatic rings. The van der Waals surface area contributed by atoms with Crippen LogP contribution in [0.4, 0.5) is 5.95 Å². The molecule has 106 valence electrons. The lowest BCUT2D eigenvalue weighted by Gasteiger charge is -2.25. The summed E-state index contributed by atoms with van der Waals surface area (Å²) < 4.78 is 6.13. The molecule has 6 heteroatoms. The van der Waals surface area contributed by atoms with Crippen molar-refractivity contribution in [3.8, 4) is 5.88 Å². The highest BCUT2D eigenvalue weighted by atomic mass is 16.5. The van der Waals surface area contributed by atoms with Gasteiger partial charge in [-0.15, -0.1) is 0 Å². The third-order valence-corrected chi connectivity index (χ3v) is 3.84. The van der Waals surface area contributed by atoms with Gasteiger partial charge in [0.2, 0.25) is 11.8 Å². The molecule has 0 fully saturated rings. The number of rotatable bonds is 2. The van der Waals surface area contributed by atoms with E-state index in [0.29, 0.717) is 17.0 Å². The van der Waals surface area contributed by atoms with E-state index in [1.165, 1.54) is 11.1 Å². The van der Waals surface area contributed by atoms with Crippen LogP contribution in [-0.4, -0.2) is 19.9 Å². The van der Waals surface area contributed by atoms with E-state index in [9.17, 15) is 0 Å². The minimum absolute atomic E-state index is 0.00394. The van der Waals surface area contributed by atoms with E-state index in [2.05, 4.69) is 38.1 Å². The summed E-state index contributed by atoms with van der Waals surface area (Å²) in [6.07, 6.45) is 4.74. The van der Waals surface area contributed by atoms with Crippen LogP contribution in [0.25, 0.3) is 11.2 Å². The molecule has 2 aromatic heterocycles. The maximum Gasteiger partial charge on any atom is 0.245 e. The number of nitrogen functional groups attached to an aromatic ring is 1. The quantitative estimate of drug-likeness (QED) is 0.752. The highest BCUT2D eigenvalue weighted by Crippen LogP contribution is 2.34. The van der Waals surface area contributed by atoms with Crippen molar-refractivity contribution in [2.75, 3.05) is 5.73 Å². The van der Waals surface area contributed by atoms with E-state index in [1.807, 2.05) is 6.07 Å². The van der Waals surface area contributed by atoms with Crippen LogP contribution in [0, 0.1) is 0 Å². The zero-order valence-corrected chi connectivity index (χ0v) is 11.4. The Morgan fingerprint density at radius 2 is 2.14 bits per heavy atom. The van der Waals surface area contributed by atoms with Gasteiger partial charge in [0, 0.05) is 0 Å². The van der Waals surface area contributed by atoms with Crippen LogP contribution in [0.2, 0.25) is 0 Å². The Kier molecular flexibility index (Phi) is 2.73. The number of imidazole rings is 1. The first kappa shape index (κ1) is 12.1. The van der Waals surface area contributed by atoms with Gasteiger partial charge in [-0.1, -0.05) is 24.3 Å². The van der Waals surface area contributed by atoms with Crippen LogP contribution < -0.4 is 10.5 Å². The summed E-state index contributed by atoms with van der Waals surface area (Å²) in [5.74, 6) is 0.644. The van der Waals surface area contributed by atoms with Gasteiger partial charge in [-0.2, -0.15) is 9.97 Å². The monoisotopic (exact) mass is 281 g/mol. The lowest BCUT2D eigenvalue weighted by Crippen LogP contribution is -2.16. The SMILES string of the molecule is Nc1nc(OC2CCCc3ccccc32)c2[nH]cnc2n1. The average Bonchev–Trinajstić information content (AvgIpc) is 2.96. The molecule has 0 amide bonds. The summed E-state index contributed by atoms with van der Waals surface area (Å²) >= 11 is 0. The van der Waals surface area contributed by atoms with Crippen LogP contribution in [-0.2, 0) is 6.42 Å². The van der Waals surface area contributed by atoms with Crippen LogP contribution in [0.1, 0.15) is 30.1 Å². The highest BCUT2D eigenvalue weighted by Gasteiger charge is 2.23. The third kappa shape index (κ3) is 2.08. The fourth-order valence-electron chi connectivity index (χ4n) is 2.87. The molecular weight excluding hydrogens is 266 g/mol. The van der Waals surface area contributed by atoms with Crippen molar-refractivity contribution >= 4 is 17.1 Å². The first-order chi connectivity index (χ1) is 10.3. The summed E-state index contributed by atoms with van der Waals surface area (Å²) in [7, 11) is 0. The topological polar surface area (TPSA) is 89.7 Å². The van der Waals surface area contributed by atoms with Crippen molar-refractivity contribution in [3.05, 3.63) is 41.7 Å². The van der Waals surface area contributed by atoms with E-state index in [1.54, 1.807) is 6.33 Å². The van der Waals surface area contributed by atoms with Gasteiger partial charge in [-0.3, -0.25) is 0 Å². The molecule has 1 aliphatic rings. The number of aryl methyl sites for hydroxylation is 1. The Hall–Kier alpha value is -2.63. The lowest BCUT2D eigenvalue weighted by atomic mass is 9.89. The van der Waals surface area contributed by atoms with Gasteiger partial charge < -0.3 is 15.5 Å². The molecule has 0 spiro atoms. The first-order valence-corrected chi connectivity index (χ1v) is 7.02. The molecule has 4 rings (SSSR count). The summed E-state index contributed by atoms with van der Waals surface area (Å²) in [6.45, 7) is 0. The summed E-state index contributed by atoms with van der Waals surface area (Å²) in [5.41, 5.74) is 9.52. The van der Waals surface area contributed by atoms with Crippen molar-refractivity contribution < 1.29 is 4.74 Å². The molecule has 1 atom stereocenters. The van der Waals surface area contributed by atoms with E-state index < -0.39 is 0 Å². The molecule has 0 radical (unpaired) electrons. The number of fused-ring (bicyclic) bond motifs is 2. The van der Waals surface area contributed by atoms with E-state index in [-0.39, 0.29) is 12.1 Å². The normalized spacial score (nSPS) is 17.6. The predicted molar refractivity (Wildman–Crippen MR) is 78.8 cm³/mol. The number of benzene rings is 1. The predicted octanol–water partition coefficient (Wildman–Crippen LogP) is 2.39. The number of nitrogens with one attached hydrogen (secondary N) is 1. The zero-order chi connectivity index (χ0) is 14.2. The Balaban J connectivity index is 1.74. The van der Waals surface area contributed by atoms with Crippen LogP contribution in [0.5, 0.6) is 5.88 Å². The van der Waals surface area contributed by atoms with Crippen molar-refractivity contribution in [1.29, 1.82) is 0 Å². The van der Waals surface area contributed by atoms with Crippen molar-refractivity contribution in [2.24, 2.45) is 0 Å². The largest absolute Gasteiger partial charge is 0.468 e. The van der Waals surface area contributed by atoms with Gasteiger partial charge in [-0.05, 0) is 30.4 Å². The van der Waals surface area contributed by atoms with Crippen molar-refractivity contribution in [3.63, 3.8) is 0 Å². The summed E-state index contributed by atoms with van der Waals surface area (Å²) in [4.78, 5) is 15.4. The molecule has 3 N–H and O–H groups in total.